The molecule has 1 aliphatic rings. The van der Waals surface area contributed by atoms with Crippen molar-refractivity contribution in [2.45, 2.75) is 19.8 Å². The minimum absolute atomic E-state index is 0.192. The molecular weight excluding hydrogens is 192 g/mol. The summed E-state index contributed by atoms with van der Waals surface area (Å²) in [6.45, 7) is 2.59. The fraction of sp³-hybridized carbons (Fsp3) is 0.583. The molecule has 0 bridgehead atoms. The molecule has 0 aromatic carbocycles. The maximum atomic E-state index is 11.4. The highest BCUT2D eigenvalue weighted by Crippen LogP contribution is 2.10. The molecule has 0 radical (unpaired) electrons. The molecule has 0 saturated heterocycles. The maximum absolute atomic E-state index is 11.4. The number of carbonyl (C=O) groups is 1. The Hall–Kier alpha value is -1.09. The van der Waals surface area contributed by atoms with Gasteiger partial charge in [0.25, 0.3) is 0 Å². The number of hydrogen-bond acceptors (Lipinski definition) is 3. The lowest BCUT2D eigenvalue weighted by Gasteiger charge is -2.12. The predicted octanol–water partition coefficient (Wildman–Crippen LogP) is 2.09. The first-order valence-corrected chi connectivity index (χ1v) is 5.25. The number of rotatable bonds is 5. The molecule has 0 amide bonds. The predicted molar refractivity (Wildman–Crippen MR) is 58.5 cm³/mol. The zero-order valence-corrected chi connectivity index (χ0v) is 9.36. The summed E-state index contributed by atoms with van der Waals surface area (Å²) in [7, 11) is 1.58. The van der Waals surface area contributed by atoms with Crippen molar-refractivity contribution in [2.75, 3.05) is 20.3 Å². The minimum atomic E-state index is -0.197. The van der Waals surface area contributed by atoms with E-state index in [1.54, 1.807) is 14.0 Å². The number of methoxy groups -OCH3 is 1. The molecule has 84 valence electrons. The van der Waals surface area contributed by atoms with Gasteiger partial charge in [0.1, 0.15) is 6.61 Å². The molecular formula is C12H18O3. The zero-order chi connectivity index (χ0) is 11.1. The van der Waals surface area contributed by atoms with Crippen molar-refractivity contribution >= 4 is 5.97 Å². The molecule has 0 aliphatic heterocycles. The summed E-state index contributed by atoms with van der Waals surface area (Å²) < 4.78 is 10.0. The van der Waals surface area contributed by atoms with Gasteiger partial charge in [-0.15, -0.1) is 0 Å². The normalized spacial score (nSPS) is 17.1. The van der Waals surface area contributed by atoms with Crippen molar-refractivity contribution in [2.24, 2.45) is 5.92 Å². The van der Waals surface area contributed by atoms with Gasteiger partial charge in [-0.3, -0.25) is 4.79 Å². The van der Waals surface area contributed by atoms with Crippen LogP contribution in [0, 0.1) is 5.92 Å². The van der Waals surface area contributed by atoms with Crippen LogP contribution in [-0.4, -0.2) is 26.3 Å². The van der Waals surface area contributed by atoms with Gasteiger partial charge in [-0.25, -0.2) is 0 Å². The molecule has 0 fully saturated rings. The average molecular weight is 210 g/mol. The van der Waals surface area contributed by atoms with E-state index < -0.39 is 0 Å². The third-order valence-electron chi connectivity index (χ3n) is 2.27. The Kier molecular flexibility index (Phi) is 5.12. The Morgan fingerprint density at radius 2 is 2.33 bits per heavy atom. The molecule has 3 nitrogen and oxygen atoms in total. The second-order valence-electron chi connectivity index (χ2n) is 3.72. The summed E-state index contributed by atoms with van der Waals surface area (Å²) in [5.41, 5.74) is 1.08. The quantitative estimate of drug-likeness (QED) is 0.652. The molecule has 0 aromatic rings. The lowest BCUT2D eigenvalue weighted by Crippen LogP contribution is -2.20. The average Bonchev–Trinajstić information content (AvgIpc) is 2.27. The molecule has 3 heteroatoms. The van der Waals surface area contributed by atoms with Crippen molar-refractivity contribution in [3.63, 3.8) is 0 Å². The second-order valence-corrected chi connectivity index (χ2v) is 3.72. The molecule has 0 heterocycles. The molecule has 0 spiro atoms. The van der Waals surface area contributed by atoms with E-state index >= 15 is 0 Å². The van der Waals surface area contributed by atoms with E-state index in [2.05, 4.69) is 12.2 Å². The van der Waals surface area contributed by atoms with Crippen LogP contribution >= 0.6 is 0 Å². The van der Waals surface area contributed by atoms with Crippen molar-refractivity contribution < 1.29 is 14.3 Å². The SMILES string of the molecule is COCC(C)C(=O)OCC1=CCCC=C1. The highest BCUT2D eigenvalue weighted by atomic mass is 16.5. The second kappa shape index (κ2) is 6.40. The summed E-state index contributed by atoms with van der Waals surface area (Å²) in [6.07, 6.45) is 8.34. The van der Waals surface area contributed by atoms with Crippen LogP contribution in [-0.2, 0) is 14.3 Å². The van der Waals surface area contributed by atoms with E-state index in [9.17, 15) is 4.79 Å². The molecule has 1 atom stereocenters. The fourth-order valence-corrected chi connectivity index (χ4v) is 1.39. The van der Waals surface area contributed by atoms with Crippen molar-refractivity contribution in [1.82, 2.24) is 0 Å². The van der Waals surface area contributed by atoms with Crippen LogP contribution in [0.5, 0.6) is 0 Å². The van der Waals surface area contributed by atoms with Gasteiger partial charge in [-0.2, -0.15) is 0 Å². The fourth-order valence-electron chi connectivity index (χ4n) is 1.39. The number of allylic oxidation sites excluding steroid dienone is 2. The highest BCUT2D eigenvalue weighted by molar-refractivity contribution is 5.72. The van der Waals surface area contributed by atoms with Crippen LogP contribution in [0.3, 0.4) is 0 Å². The molecule has 1 unspecified atom stereocenters. The Labute approximate surface area is 90.8 Å². The van der Waals surface area contributed by atoms with Gasteiger partial charge in [-0.05, 0) is 25.3 Å². The van der Waals surface area contributed by atoms with Crippen LogP contribution in [0.2, 0.25) is 0 Å². The molecule has 0 aromatic heterocycles. The van der Waals surface area contributed by atoms with Crippen LogP contribution in [0.4, 0.5) is 0 Å². The van der Waals surface area contributed by atoms with E-state index in [-0.39, 0.29) is 11.9 Å². The standard InChI is InChI=1S/C12H18O3/c1-10(8-14-2)12(13)15-9-11-6-4-3-5-7-11/h4,6-7,10H,3,5,8-9H2,1-2H3. The molecule has 1 rings (SSSR count). The van der Waals surface area contributed by atoms with E-state index in [1.165, 1.54) is 0 Å². The molecule has 0 saturated carbocycles. The highest BCUT2D eigenvalue weighted by Gasteiger charge is 2.14. The third-order valence-corrected chi connectivity index (χ3v) is 2.27. The molecule has 0 N–H and O–H groups in total. The Morgan fingerprint density at radius 1 is 1.53 bits per heavy atom. The first-order valence-electron chi connectivity index (χ1n) is 5.25. The van der Waals surface area contributed by atoms with Gasteiger partial charge in [0, 0.05) is 7.11 Å². The smallest absolute Gasteiger partial charge is 0.311 e. The van der Waals surface area contributed by atoms with E-state index in [1.807, 2.05) is 6.08 Å². The van der Waals surface area contributed by atoms with E-state index in [0.717, 1.165) is 18.4 Å². The van der Waals surface area contributed by atoms with E-state index in [0.29, 0.717) is 13.2 Å². The minimum Gasteiger partial charge on any atom is -0.461 e. The van der Waals surface area contributed by atoms with Crippen molar-refractivity contribution in [3.8, 4) is 0 Å². The number of ether oxygens (including phenoxy) is 2. The van der Waals surface area contributed by atoms with Gasteiger partial charge in [0.15, 0.2) is 0 Å². The molecule has 1 aliphatic carbocycles. The molecule has 15 heavy (non-hydrogen) atoms. The first-order chi connectivity index (χ1) is 7.24. The van der Waals surface area contributed by atoms with Crippen LogP contribution in [0.1, 0.15) is 19.8 Å². The number of hydrogen-bond donors (Lipinski definition) is 0. The van der Waals surface area contributed by atoms with Gasteiger partial charge in [-0.1, -0.05) is 18.2 Å². The number of carbonyl (C=O) groups excluding carboxylic acids is 1. The van der Waals surface area contributed by atoms with Gasteiger partial charge in [0.05, 0.1) is 12.5 Å². The van der Waals surface area contributed by atoms with Gasteiger partial charge in [0.2, 0.25) is 0 Å². The summed E-state index contributed by atoms with van der Waals surface area (Å²) in [5, 5.41) is 0. The third kappa shape index (κ3) is 4.30. The Bertz CT molecular complexity index is 266. The summed E-state index contributed by atoms with van der Waals surface area (Å²) in [6, 6.07) is 0. The largest absolute Gasteiger partial charge is 0.461 e. The van der Waals surface area contributed by atoms with Gasteiger partial charge < -0.3 is 9.47 Å². The summed E-state index contributed by atoms with van der Waals surface area (Å²) in [4.78, 5) is 11.4. The topological polar surface area (TPSA) is 35.5 Å². The summed E-state index contributed by atoms with van der Waals surface area (Å²) in [5.74, 6) is -0.389. The summed E-state index contributed by atoms with van der Waals surface area (Å²) >= 11 is 0. The number of esters is 1. The first kappa shape index (κ1) is 12.0. The maximum Gasteiger partial charge on any atom is 0.311 e. The van der Waals surface area contributed by atoms with E-state index in [4.69, 9.17) is 9.47 Å². The van der Waals surface area contributed by atoms with Crippen LogP contribution in [0.25, 0.3) is 0 Å². The Balaban J connectivity index is 2.27. The lowest BCUT2D eigenvalue weighted by atomic mass is 10.1. The van der Waals surface area contributed by atoms with Crippen molar-refractivity contribution in [1.29, 1.82) is 0 Å². The van der Waals surface area contributed by atoms with Crippen LogP contribution in [0.15, 0.2) is 23.8 Å². The Morgan fingerprint density at radius 3 is 2.93 bits per heavy atom. The van der Waals surface area contributed by atoms with Crippen molar-refractivity contribution in [3.05, 3.63) is 23.8 Å². The van der Waals surface area contributed by atoms with Gasteiger partial charge >= 0.3 is 5.97 Å². The monoisotopic (exact) mass is 210 g/mol. The van der Waals surface area contributed by atoms with Crippen LogP contribution < -0.4 is 0 Å². The zero-order valence-electron chi connectivity index (χ0n) is 9.36. The lowest BCUT2D eigenvalue weighted by molar-refractivity contribution is -0.148.